The molecule has 0 bridgehead atoms. The van der Waals surface area contributed by atoms with Gasteiger partial charge >= 0.3 is 5.37 Å². The van der Waals surface area contributed by atoms with Crippen LogP contribution in [0.1, 0.15) is 30.0 Å². The van der Waals surface area contributed by atoms with Crippen LogP contribution in [0.2, 0.25) is 0 Å². The number of hydrogen-bond acceptors (Lipinski definition) is 6. The molecule has 0 N–H and O–H groups in total. The van der Waals surface area contributed by atoms with Gasteiger partial charge in [0.05, 0.1) is 11.5 Å². The lowest BCUT2D eigenvalue weighted by Gasteiger charge is -2.09. The highest BCUT2D eigenvalue weighted by Crippen LogP contribution is 2.32. The molecule has 1 rings (SSSR count). The Morgan fingerprint density at radius 1 is 1.59 bits per heavy atom. The third-order valence-corrected chi connectivity index (χ3v) is 3.95. The smallest absolute Gasteiger partial charge is 0.307 e. The highest BCUT2D eigenvalue weighted by molar-refractivity contribution is 7.79. The van der Waals surface area contributed by atoms with Crippen LogP contribution in [0.15, 0.2) is 12.1 Å². The van der Waals surface area contributed by atoms with Crippen molar-refractivity contribution in [1.82, 2.24) is 0 Å². The maximum Gasteiger partial charge on any atom is 0.307 e. The summed E-state index contributed by atoms with van der Waals surface area (Å²) in [7, 11) is 0. The fraction of sp³-hybridized carbons (Fsp3) is 0.556. The van der Waals surface area contributed by atoms with Crippen molar-refractivity contribution in [2.45, 2.75) is 25.1 Å². The molecular weight excluding hydrogens is 266 g/mol. The minimum absolute atomic E-state index is 0.162. The molecule has 0 spiro atoms. The number of nitrogens with zero attached hydrogens (tertiary/aromatic N) is 1. The Balaban J connectivity index is 2.71. The van der Waals surface area contributed by atoms with Crippen molar-refractivity contribution in [3.8, 4) is 5.06 Å². The van der Waals surface area contributed by atoms with E-state index in [4.69, 9.17) is 4.74 Å². The van der Waals surface area contributed by atoms with Gasteiger partial charge in [0.15, 0.2) is 5.06 Å². The van der Waals surface area contributed by atoms with Crippen LogP contribution in [-0.2, 0) is 11.1 Å². The Bertz CT molecular complexity index is 392. The largest absolute Gasteiger partial charge is 0.767 e. The zero-order valence-corrected chi connectivity index (χ0v) is 10.8. The number of rotatable bonds is 7. The second kappa shape index (κ2) is 6.67. The van der Waals surface area contributed by atoms with E-state index in [1.807, 2.05) is 6.92 Å². The molecule has 2 atom stereocenters. The number of hydrogen-bond donors (Lipinski definition) is 0. The monoisotopic (exact) mass is 278 g/mol. The lowest BCUT2D eigenvalue weighted by atomic mass is 10.4. The molecule has 1 heterocycles. The minimum atomic E-state index is -2.77. The summed E-state index contributed by atoms with van der Waals surface area (Å²) in [6, 6.07) is 2.97. The van der Waals surface area contributed by atoms with E-state index in [1.165, 1.54) is 6.07 Å². The summed E-state index contributed by atoms with van der Waals surface area (Å²) in [6.07, 6.45) is 1.87. The number of thiophene rings is 1. The molecule has 0 amide bonds. The quantitative estimate of drug-likeness (QED) is 0.329. The van der Waals surface area contributed by atoms with Gasteiger partial charge in [0, 0.05) is 16.0 Å². The summed E-state index contributed by atoms with van der Waals surface area (Å²) in [5.41, 5.74) is 0. The standard InChI is InChI=1S/C9H13NO5S2/c1-2-3-6-15-8-5-4-7(16-8)9(10(11)12)17(13)14/h4-5,9H,2-3,6H2,1H3,(H,13,14)/p-1. The van der Waals surface area contributed by atoms with Gasteiger partial charge in [-0.2, -0.15) is 0 Å². The summed E-state index contributed by atoms with van der Waals surface area (Å²) in [5.74, 6) is 0. The van der Waals surface area contributed by atoms with Crippen molar-refractivity contribution in [1.29, 1.82) is 0 Å². The van der Waals surface area contributed by atoms with Crippen molar-refractivity contribution in [2.75, 3.05) is 6.61 Å². The molecule has 0 aliphatic heterocycles. The van der Waals surface area contributed by atoms with Crippen molar-refractivity contribution < 1.29 is 18.4 Å². The first kappa shape index (κ1) is 14.1. The van der Waals surface area contributed by atoms with Crippen LogP contribution in [0.3, 0.4) is 0 Å². The van der Waals surface area contributed by atoms with Crippen molar-refractivity contribution in [3.63, 3.8) is 0 Å². The normalized spacial score (nSPS) is 14.2. The average molecular weight is 278 g/mol. The molecule has 1 aromatic heterocycles. The maximum absolute atomic E-state index is 10.7. The summed E-state index contributed by atoms with van der Waals surface area (Å²) in [6.45, 7) is 2.55. The molecule has 6 nitrogen and oxygen atoms in total. The maximum atomic E-state index is 10.7. The first-order valence-electron chi connectivity index (χ1n) is 5.00. The third-order valence-electron chi connectivity index (χ3n) is 1.96. The molecule has 0 aliphatic carbocycles. The van der Waals surface area contributed by atoms with Gasteiger partial charge in [-0.25, -0.2) is 0 Å². The van der Waals surface area contributed by atoms with Crippen LogP contribution in [0.4, 0.5) is 0 Å². The molecular formula is C9H12NO5S2-. The van der Waals surface area contributed by atoms with Gasteiger partial charge in [0.25, 0.3) is 0 Å². The first-order chi connectivity index (χ1) is 8.06. The Kier molecular flexibility index (Phi) is 5.52. The second-order valence-corrected chi connectivity index (χ2v) is 5.30. The Labute approximate surface area is 105 Å². The molecule has 0 saturated carbocycles. The van der Waals surface area contributed by atoms with E-state index in [0.717, 1.165) is 24.2 Å². The molecule has 17 heavy (non-hydrogen) atoms. The van der Waals surface area contributed by atoms with Crippen LogP contribution in [0.25, 0.3) is 0 Å². The van der Waals surface area contributed by atoms with E-state index >= 15 is 0 Å². The van der Waals surface area contributed by atoms with Gasteiger partial charge in [-0.05, 0) is 18.6 Å². The van der Waals surface area contributed by atoms with Gasteiger partial charge in [-0.3, -0.25) is 14.3 Å². The average Bonchev–Trinajstić information content (AvgIpc) is 2.65. The predicted molar refractivity (Wildman–Crippen MR) is 63.4 cm³/mol. The van der Waals surface area contributed by atoms with Crippen molar-refractivity contribution >= 4 is 22.4 Å². The number of unbranched alkanes of at least 4 members (excludes halogenated alkanes) is 1. The molecule has 96 valence electrons. The van der Waals surface area contributed by atoms with Gasteiger partial charge in [-0.15, -0.1) is 0 Å². The van der Waals surface area contributed by atoms with Gasteiger partial charge in [0.1, 0.15) is 0 Å². The van der Waals surface area contributed by atoms with Crippen molar-refractivity contribution in [2.24, 2.45) is 0 Å². The zero-order valence-electron chi connectivity index (χ0n) is 9.16. The SMILES string of the molecule is CCCCOc1ccc(C([N+](=O)[O-])S(=O)[O-])s1. The van der Waals surface area contributed by atoms with Gasteiger partial charge < -0.3 is 9.29 Å². The summed E-state index contributed by atoms with van der Waals surface area (Å²) < 4.78 is 26.8. The van der Waals surface area contributed by atoms with Crippen LogP contribution < -0.4 is 4.74 Å². The van der Waals surface area contributed by atoms with Gasteiger partial charge in [-0.1, -0.05) is 24.7 Å². The summed E-state index contributed by atoms with van der Waals surface area (Å²) >= 11 is -1.78. The molecule has 0 aliphatic rings. The fourth-order valence-electron chi connectivity index (χ4n) is 1.13. The van der Waals surface area contributed by atoms with Crippen LogP contribution in [0.5, 0.6) is 5.06 Å². The lowest BCUT2D eigenvalue weighted by Crippen LogP contribution is -2.14. The predicted octanol–water partition coefficient (Wildman–Crippen LogP) is 2.08. The molecule has 0 radical (unpaired) electrons. The zero-order chi connectivity index (χ0) is 12.8. The lowest BCUT2D eigenvalue weighted by molar-refractivity contribution is -0.502. The Morgan fingerprint density at radius 3 is 2.82 bits per heavy atom. The van der Waals surface area contributed by atoms with Crippen LogP contribution >= 0.6 is 11.3 Å². The van der Waals surface area contributed by atoms with E-state index in [2.05, 4.69) is 0 Å². The molecule has 0 aromatic carbocycles. The number of ether oxygens (including phenoxy) is 1. The van der Waals surface area contributed by atoms with E-state index in [0.29, 0.717) is 11.7 Å². The van der Waals surface area contributed by atoms with E-state index < -0.39 is 21.4 Å². The highest BCUT2D eigenvalue weighted by Gasteiger charge is 2.26. The molecule has 0 fully saturated rings. The molecule has 2 unspecified atom stereocenters. The second-order valence-electron chi connectivity index (χ2n) is 3.26. The Hall–Kier alpha value is -0.990. The first-order valence-corrected chi connectivity index (χ1v) is 6.95. The molecule has 1 aromatic rings. The van der Waals surface area contributed by atoms with E-state index in [1.54, 1.807) is 6.07 Å². The molecule has 0 saturated heterocycles. The third kappa shape index (κ3) is 4.06. The molecule has 8 heteroatoms. The highest BCUT2D eigenvalue weighted by atomic mass is 32.2. The van der Waals surface area contributed by atoms with Crippen LogP contribution in [-0.4, -0.2) is 20.3 Å². The van der Waals surface area contributed by atoms with Crippen LogP contribution in [0, 0.1) is 10.1 Å². The Morgan fingerprint density at radius 2 is 2.29 bits per heavy atom. The minimum Gasteiger partial charge on any atom is -0.767 e. The fourth-order valence-corrected chi connectivity index (χ4v) is 2.75. The van der Waals surface area contributed by atoms with Crippen molar-refractivity contribution in [3.05, 3.63) is 27.1 Å². The summed E-state index contributed by atoms with van der Waals surface area (Å²) in [4.78, 5) is 9.92. The topological polar surface area (TPSA) is 92.5 Å². The van der Waals surface area contributed by atoms with E-state index in [-0.39, 0.29) is 4.88 Å². The van der Waals surface area contributed by atoms with E-state index in [9.17, 15) is 18.9 Å². The van der Waals surface area contributed by atoms with Gasteiger partial charge in [0.2, 0.25) is 0 Å². The summed E-state index contributed by atoms with van der Waals surface area (Å²) in [5, 5.41) is 9.39. The number of nitro groups is 1.